The predicted molar refractivity (Wildman–Crippen MR) is 102 cm³/mol. The second kappa shape index (κ2) is 8.80. The number of benzene rings is 1. The molecule has 0 aliphatic carbocycles. The van der Waals surface area contributed by atoms with Crippen molar-refractivity contribution in [3.63, 3.8) is 0 Å². The van der Waals surface area contributed by atoms with Crippen molar-refractivity contribution in [1.82, 2.24) is 20.0 Å². The Morgan fingerprint density at radius 1 is 1.19 bits per heavy atom. The fourth-order valence-electron chi connectivity index (χ4n) is 4.10. The van der Waals surface area contributed by atoms with Gasteiger partial charge in [0.1, 0.15) is 11.9 Å². The SMILES string of the molecule is CN(C)C(C(=O)N1CCC(N2CCNC(=O)CC2)CC1)c1ccccc1F. The van der Waals surface area contributed by atoms with Crippen LogP contribution in [0.15, 0.2) is 24.3 Å². The third-order valence-electron chi connectivity index (χ3n) is 5.59. The van der Waals surface area contributed by atoms with E-state index in [0.29, 0.717) is 37.7 Å². The van der Waals surface area contributed by atoms with Gasteiger partial charge in [0.15, 0.2) is 0 Å². The van der Waals surface area contributed by atoms with Crippen molar-refractivity contribution in [3.05, 3.63) is 35.6 Å². The molecule has 27 heavy (non-hydrogen) atoms. The monoisotopic (exact) mass is 376 g/mol. The highest BCUT2D eigenvalue weighted by Gasteiger charge is 2.33. The van der Waals surface area contributed by atoms with Crippen LogP contribution in [-0.4, -0.2) is 79.4 Å². The number of rotatable bonds is 4. The number of nitrogens with zero attached hydrogens (tertiary/aromatic N) is 3. The van der Waals surface area contributed by atoms with Crippen molar-refractivity contribution in [1.29, 1.82) is 0 Å². The Kier molecular flexibility index (Phi) is 6.44. The minimum Gasteiger partial charge on any atom is -0.355 e. The molecule has 0 spiro atoms. The number of piperidine rings is 1. The molecule has 2 aliphatic heterocycles. The quantitative estimate of drug-likeness (QED) is 0.859. The fraction of sp³-hybridized carbons (Fsp3) is 0.600. The number of carbonyl (C=O) groups excluding carboxylic acids is 2. The van der Waals surface area contributed by atoms with Gasteiger partial charge in [-0.15, -0.1) is 0 Å². The lowest BCUT2D eigenvalue weighted by atomic mass is 9.99. The molecule has 148 valence electrons. The topological polar surface area (TPSA) is 55.9 Å². The zero-order valence-electron chi connectivity index (χ0n) is 16.2. The molecule has 2 fully saturated rings. The molecule has 2 saturated heterocycles. The van der Waals surface area contributed by atoms with Gasteiger partial charge >= 0.3 is 0 Å². The summed E-state index contributed by atoms with van der Waals surface area (Å²) in [6.45, 7) is 3.66. The maximum atomic E-state index is 14.3. The third kappa shape index (κ3) is 4.65. The largest absolute Gasteiger partial charge is 0.355 e. The van der Waals surface area contributed by atoms with Gasteiger partial charge < -0.3 is 10.2 Å². The molecule has 2 heterocycles. The number of halogens is 1. The summed E-state index contributed by atoms with van der Waals surface area (Å²) in [6.07, 6.45) is 2.31. The van der Waals surface area contributed by atoms with Crippen LogP contribution in [0.5, 0.6) is 0 Å². The normalized spacial score (nSPS) is 21.0. The minimum atomic E-state index is -0.609. The van der Waals surface area contributed by atoms with Crippen molar-refractivity contribution in [2.75, 3.05) is 46.8 Å². The number of hydrogen-bond donors (Lipinski definition) is 1. The van der Waals surface area contributed by atoms with E-state index < -0.39 is 6.04 Å². The highest BCUT2D eigenvalue weighted by atomic mass is 19.1. The zero-order chi connectivity index (χ0) is 19.4. The minimum absolute atomic E-state index is 0.0451. The zero-order valence-corrected chi connectivity index (χ0v) is 16.2. The van der Waals surface area contributed by atoms with Gasteiger partial charge in [-0.3, -0.25) is 19.4 Å². The maximum absolute atomic E-state index is 14.3. The van der Waals surface area contributed by atoms with Gasteiger partial charge in [0.2, 0.25) is 11.8 Å². The molecule has 3 rings (SSSR count). The molecule has 0 bridgehead atoms. The number of hydrogen-bond acceptors (Lipinski definition) is 4. The average Bonchev–Trinajstić information content (AvgIpc) is 2.88. The fourth-order valence-corrected chi connectivity index (χ4v) is 4.10. The van der Waals surface area contributed by atoms with E-state index in [1.165, 1.54) is 6.07 Å². The Bertz CT molecular complexity index is 674. The molecule has 0 saturated carbocycles. The molecule has 0 aromatic heterocycles. The van der Waals surface area contributed by atoms with E-state index in [0.717, 1.165) is 25.9 Å². The summed E-state index contributed by atoms with van der Waals surface area (Å²) < 4.78 is 14.3. The lowest BCUT2D eigenvalue weighted by molar-refractivity contribution is -0.138. The number of carbonyl (C=O) groups is 2. The second-order valence-corrected chi connectivity index (χ2v) is 7.58. The smallest absolute Gasteiger partial charge is 0.244 e. The molecule has 7 heteroatoms. The van der Waals surface area contributed by atoms with Gasteiger partial charge in [0, 0.05) is 50.7 Å². The molecule has 1 atom stereocenters. The van der Waals surface area contributed by atoms with Crippen LogP contribution in [0.25, 0.3) is 0 Å². The van der Waals surface area contributed by atoms with Crippen LogP contribution in [0.2, 0.25) is 0 Å². The van der Waals surface area contributed by atoms with Crippen LogP contribution < -0.4 is 5.32 Å². The summed E-state index contributed by atoms with van der Waals surface area (Å²) >= 11 is 0. The molecule has 1 N–H and O–H groups in total. The van der Waals surface area contributed by atoms with Crippen LogP contribution >= 0.6 is 0 Å². The van der Waals surface area contributed by atoms with Crippen LogP contribution in [-0.2, 0) is 9.59 Å². The molecule has 2 aliphatic rings. The van der Waals surface area contributed by atoms with Gasteiger partial charge in [0.05, 0.1) is 0 Å². The molecular formula is C20H29FN4O2. The van der Waals surface area contributed by atoms with Gasteiger partial charge in [-0.1, -0.05) is 18.2 Å². The van der Waals surface area contributed by atoms with E-state index in [2.05, 4.69) is 10.2 Å². The lowest BCUT2D eigenvalue weighted by Crippen LogP contribution is -2.50. The Morgan fingerprint density at radius 2 is 1.89 bits per heavy atom. The number of likely N-dealkylation sites (tertiary alicyclic amines) is 1. The van der Waals surface area contributed by atoms with E-state index in [-0.39, 0.29) is 17.6 Å². The lowest BCUT2D eigenvalue weighted by Gasteiger charge is -2.39. The average molecular weight is 376 g/mol. The summed E-state index contributed by atoms with van der Waals surface area (Å²) in [6, 6.07) is 6.29. The number of nitrogens with one attached hydrogen (secondary N) is 1. The molecule has 1 aromatic rings. The summed E-state index contributed by atoms with van der Waals surface area (Å²) in [5.74, 6) is -0.277. The Morgan fingerprint density at radius 3 is 2.56 bits per heavy atom. The highest BCUT2D eigenvalue weighted by Crippen LogP contribution is 2.26. The van der Waals surface area contributed by atoms with Gasteiger partial charge in [-0.2, -0.15) is 0 Å². The summed E-state index contributed by atoms with van der Waals surface area (Å²) in [5.41, 5.74) is 0.423. The molecule has 0 radical (unpaired) electrons. The first-order valence-electron chi connectivity index (χ1n) is 9.67. The Balaban J connectivity index is 1.63. The van der Waals surface area contributed by atoms with Crippen molar-refractivity contribution >= 4 is 11.8 Å². The van der Waals surface area contributed by atoms with E-state index in [9.17, 15) is 14.0 Å². The third-order valence-corrected chi connectivity index (χ3v) is 5.59. The first kappa shape index (κ1) is 19.8. The molecule has 1 aromatic carbocycles. The van der Waals surface area contributed by atoms with Crippen molar-refractivity contribution < 1.29 is 14.0 Å². The van der Waals surface area contributed by atoms with Crippen molar-refractivity contribution in [3.8, 4) is 0 Å². The number of amides is 2. The van der Waals surface area contributed by atoms with Crippen LogP contribution in [0.3, 0.4) is 0 Å². The summed E-state index contributed by atoms with van der Waals surface area (Å²) in [5, 5.41) is 2.91. The standard InChI is InChI=1S/C20H29FN4O2/c1-23(2)19(16-5-3-4-6-17(16)21)20(27)25-11-7-15(8-12-25)24-13-9-18(26)22-10-14-24/h3-6,15,19H,7-14H2,1-2H3,(H,22,26). The van der Waals surface area contributed by atoms with Crippen molar-refractivity contribution in [2.24, 2.45) is 0 Å². The Labute approximate surface area is 160 Å². The first-order chi connectivity index (χ1) is 13.0. The van der Waals surface area contributed by atoms with Crippen LogP contribution in [0.4, 0.5) is 4.39 Å². The first-order valence-corrected chi connectivity index (χ1v) is 9.67. The van der Waals surface area contributed by atoms with Crippen LogP contribution in [0, 0.1) is 5.82 Å². The van der Waals surface area contributed by atoms with Gasteiger partial charge in [-0.05, 0) is 33.0 Å². The summed E-state index contributed by atoms with van der Waals surface area (Å²) in [7, 11) is 3.62. The second-order valence-electron chi connectivity index (χ2n) is 7.58. The van der Waals surface area contributed by atoms with E-state index in [1.54, 1.807) is 23.1 Å². The van der Waals surface area contributed by atoms with Crippen molar-refractivity contribution in [2.45, 2.75) is 31.3 Å². The van der Waals surface area contributed by atoms with E-state index in [4.69, 9.17) is 0 Å². The molecule has 1 unspecified atom stereocenters. The van der Waals surface area contributed by atoms with Gasteiger partial charge in [0.25, 0.3) is 0 Å². The summed E-state index contributed by atoms with van der Waals surface area (Å²) in [4.78, 5) is 30.6. The molecular weight excluding hydrogens is 347 g/mol. The van der Waals surface area contributed by atoms with Gasteiger partial charge in [-0.25, -0.2) is 4.39 Å². The predicted octanol–water partition coefficient (Wildman–Crippen LogP) is 1.24. The van der Waals surface area contributed by atoms with E-state index >= 15 is 0 Å². The van der Waals surface area contributed by atoms with E-state index in [1.807, 2.05) is 19.0 Å². The molecule has 6 nitrogen and oxygen atoms in total. The molecule has 2 amide bonds. The highest BCUT2D eigenvalue weighted by molar-refractivity contribution is 5.83. The number of likely N-dealkylation sites (N-methyl/N-ethyl adjacent to an activating group) is 1. The van der Waals surface area contributed by atoms with Crippen LogP contribution in [0.1, 0.15) is 30.9 Å². The Hall–Kier alpha value is -1.99. The maximum Gasteiger partial charge on any atom is 0.244 e.